The van der Waals surface area contributed by atoms with E-state index >= 15 is 0 Å². The molecule has 4 heteroatoms. The number of ether oxygens (including phenoxy) is 1. The summed E-state index contributed by atoms with van der Waals surface area (Å²) in [6.07, 6.45) is 3.14. The van der Waals surface area contributed by atoms with E-state index in [1.807, 2.05) is 0 Å². The van der Waals surface area contributed by atoms with Crippen molar-refractivity contribution in [3.63, 3.8) is 0 Å². The van der Waals surface area contributed by atoms with Gasteiger partial charge in [-0.15, -0.1) is 0 Å². The Balaban J connectivity index is 1.98. The molecule has 2 aliphatic carbocycles. The van der Waals surface area contributed by atoms with Crippen LogP contribution in [0.5, 0.6) is 0 Å². The van der Waals surface area contributed by atoms with E-state index in [-0.39, 0.29) is 6.61 Å². The maximum absolute atomic E-state index is 14.0. The highest BCUT2D eigenvalue weighted by Gasteiger charge is 2.48. The molecule has 0 spiro atoms. The second-order valence-corrected chi connectivity index (χ2v) is 5.41. The van der Waals surface area contributed by atoms with Crippen LogP contribution in [0, 0.1) is 11.8 Å². The molecule has 0 amide bonds. The van der Waals surface area contributed by atoms with Gasteiger partial charge in [-0.1, -0.05) is 6.42 Å². The van der Waals surface area contributed by atoms with Crippen LogP contribution in [-0.4, -0.2) is 29.5 Å². The zero-order chi connectivity index (χ0) is 12.5. The number of esters is 1. The van der Waals surface area contributed by atoms with Crippen molar-refractivity contribution in [3.05, 3.63) is 0 Å². The lowest BCUT2D eigenvalue weighted by molar-refractivity contribution is -0.165. The molecule has 0 radical (unpaired) electrons. The third kappa shape index (κ3) is 2.79. The Morgan fingerprint density at radius 1 is 1.47 bits per heavy atom. The van der Waals surface area contributed by atoms with Crippen LogP contribution >= 0.6 is 0 Å². The van der Waals surface area contributed by atoms with Crippen LogP contribution in [0.4, 0.5) is 4.39 Å². The molecule has 0 heterocycles. The Hall–Kier alpha value is -0.640. The van der Waals surface area contributed by atoms with Crippen molar-refractivity contribution in [1.82, 2.24) is 0 Å². The monoisotopic (exact) mass is 244 g/mol. The number of carbonyl (C=O) groups excluding carboxylic acids is 1. The molecule has 0 aliphatic heterocycles. The lowest BCUT2D eigenvalue weighted by Gasteiger charge is -2.38. The first-order chi connectivity index (χ1) is 8.07. The summed E-state index contributed by atoms with van der Waals surface area (Å²) in [5.74, 6) is 0.129. The topological polar surface area (TPSA) is 46.5 Å². The Kier molecular flexibility index (Phi) is 3.71. The number of hydrogen-bond donors (Lipinski definition) is 1. The lowest BCUT2D eigenvalue weighted by Crippen LogP contribution is -2.48. The van der Waals surface area contributed by atoms with E-state index in [0.29, 0.717) is 24.7 Å². The van der Waals surface area contributed by atoms with E-state index in [1.54, 1.807) is 6.92 Å². The molecule has 0 aromatic heterocycles. The highest BCUT2D eigenvalue weighted by atomic mass is 19.1. The van der Waals surface area contributed by atoms with E-state index in [9.17, 15) is 14.3 Å². The number of carbonyl (C=O) groups is 1. The third-order valence-corrected chi connectivity index (χ3v) is 4.05. The van der Waals surface area contributed by atoms with E-state index in [2.05, 4.69) is 4.74 Å². The van der Waals surface area contributed by atoms with Crippen LogP contribution in [0.25, 0.3) is 0 Å². The van der Waals surface area contributed by atoms with Crippen LogP contribution in [0.2, 0.25) is 0 Å². The van der Waals surface area contributed by atoms with Crippen LogP contribution < -0.4 is 0 Å². The molecule has 0 aromatic carbocycles. The molecule has 2 aliphatic rings. The van der Waals surface area contributed by atoms with Crippen molar-refractivity contribution in [2.75, 3.05) is 6.61 Å². The number of rotatable bonds is 4. The summed E-state index contributed by atoms with van der Waals surface area (Å²) >= 11 is 0. The average Bonchev–Trinajstić information content (AvgIpc) is 3.12. The van der Waals surface area contributed by atoms with Crippen LogP contribution in [0.3, 0.4) is 0 Å². The largest absolute Gasteiger partial charge is 0.464 e. The van der Waals surface area contributed by atoms with Gasteiger partial charge in [0.25, 0.3) is 0 Å². The molecule has 2 fully saturated rings. The van der Waals surface area contributed by atoms with E-state index in [0.717, 1.165) is 12.8 Å². The molecule has 3 unspecified atom stereocenters. The highest BCUT2D eigenvalue weighted by molar-refractivity contribution is 5.76. The molecule has 0 bridgehead atoms. The molecular formula is C13H21FO3. The predicted molar refractivity (Wildman–Crippen MR) is 61.2 cm³/mol. The quantitative estimate of drug-likeness (QED) is 0.771. The maximum atomic E-state index is 14.0. The molecule has 0 saturated heterocycles. The van der Waals surface area contributed by atoms with Gasteiger partial charge >= 0.3 is 5.97 Å². The first kappa shape index (κ1) is 12.8. The van der Waals surface area contributed by atoms with Gasteiger partial charge in [0.05, 0.1) is 6.61 Å². The highest BCUT2D eigenvalue weighted by Crippen LogP contribution is 2.47. The molecule has 17 heavy (non-hydrogen) atoms. The maximum Gasteiger partial charge on any atom is 0.343 e. The van der Waals surface area contributed by atoms with E-state index in [4.69, 9.17) is 0 Å². The minimum atomic E-state index is -1.89. The molecule has 2 rings (SSSR count). The van der Waals surface area contributed by atoms with Gasteiger partial charge < -0.3 is 9.84 Å². The minimum Gasteiger partial charge on any atom is -0.464 e. The summed E-state index contributed by atoms with van der Waals surface area (Å²) in [6, 6.07) is 0. The molecule has 1 N–H and O–H groups in total. The summed E-state index contributed by atoms with van der Waals surface area (Å²) in [5.41, 5.74) is -1.49. The zero-order valence-corrected chi connectivity index (χ0v) is 10.3. The van der Waals surface area contributed by atoms with Gasteiger partial charge in [0.1, 0.15) is 5.60 Å². The summed E-state index contributed by atoms with van der Waals surface area (Å²) in [5, 5.41) is 10.3. The van der Waals surface area contributed by atoms with Crippen molar-refractivity contribution in [2.24, 2.45) is 11.8 Å². The van der Waals surface area contributed by atoms with Crippen molar-refractivity contribution < 1.29 is 19.0 Å². The molecule has 3 nitrogen and oxygen atoms in total. The van der Waals surface area contributed by atoms with Crippen LogP contribution in [0.15, 0.2) is 0 Å². The van der Waals surface area contributed by atoms with Crippen molar-refractivity contribution in [2.45, 2.75) is 57.2 Å². The van der Waals surface area contributed by atoms with Crippen LogP contribution in [0.1, 0.15) is 45.4 Å². The fourth-order valence-electron chi connectivity index (χ4n) is 2.96. The molecule has 2 saturated carbocycles. The normalized spacial score (nSPS) is 35.4. The number of halogens is 1. The first-order valence-corrected chi connectivity index (χ1v) is 6.60. The summed E-state index contributed by atoms with van der Waals surface area (Å²) in [7, 11) is 0. The Labute approximate surface area is 101 Å². The summed E-state index contributed by atoms with van der Waals surface area (Å²) in [4.78, 5) is 11.4. The fourth-order valence-corrected chi connectivity index (χ4v) is 2.96. The van der Waals surface area contributed by atoms with E-state index in [1.165, 1.54) is 12.8 Å². The van der Waals surface area contributed by atoms with Crippen LogP contribution in [-0.2, 0) is 9.53 Å². The third-order valence-electron chi connectivity index (χ3n) is 4.05. The number of aliphatic hydroxyl groups is 1. The minimum absolute atomic E-state index is 0.154. The van der Waals surface area contributed by atoms with Gasteiger partial charge in [0.15, 0.2) is 0 Å². The van der Waals surface area contributed by atoms with E-state index < -0.39 is 17.7 Å². The Morgan fingerprint density at radius 3 is 2.76 bits per heavy atom. The Bertz CT molecular complexity index is 290. The molecule has 3 atom stereocenters. The van der Waals surface area contributed by atoms with Gasteiger partial charge in [0, 0.05) is 0 Å². The van der Waals surface area contributed by atoms with Gasteiger partial charge in [-0.25, -0.2) is 9.18 Å². The van der Waals surface area contributed by atoms with Crippen molar-refractivity contribution in [1.29, 1.82) is 0 Å². The summed E-state index contributed by atoms with van der Waals surface area (Å²) in [6.45, 7) is 1.80. The SMILES string of the molecule is CCOC(=O)C(F)C1(O)CCCC(C2CC2)C1. The zero-order valence-electron chi connectivity index (χ0n) is 10.3. The standard InChI is InChI=1S/C13H21FO3/c1-2-17-12(15)11(14)13(16)7-3-4-10(8-13)9-5-6-9/h9-11,16H,2-8H2,1H3. The number of hydrogen-bond acceptors (Lipinski definition) is 3. The molecule has 0 aromatic rings. The second-order valence-electron chi connectivity index (χ2n) is 5.41. The van der Waals surface area contributed by atoms with Gasteiger partial charge in [-0.05, 0) is 50.9 Å². The predicted octanol–water partition coefficient (Wildman–Crippen LogP) is 2.22. The smallest absolute Gasteiger partial charge is 0.343 e. The Morgan fingerprint density at radius 2 is 2.18 bits per heavy atom. The molecule has 98 valence electrons. The second kappa shape index (κ2) is 4.92. The van der Waals surface area contributed by atoms with Gasteiger partial charge in [-0.2, -0.15) is 0 Å². The van der Waals surface area contributed by atoms with Crippen molar-refractivity contribution in [3.8, 4) is 0 Å². The lowest BCUT2D eigenvalue weighted by atomic mass is 9.74. The van der Waals surface area contributed by atoms with Gasteiger partial charge in [0.2, 0.25) is 6.17 Å². The van der Waals surface area contributed by atoms with Gasteiger partial charge in [-0.3, -0.25) is 0 Å². The fraction of sp³-hybridized carbons (Fsp3) is 0.923. The summed E-state index contributed by atoms with van der Waals surface area (Å²) < 4.78 is 18.6. The molecular weight excluding hydrogens is 223 g/mol. The number of alkyl halides is 1. The first-order valence-electron chi connectivity index (χ1n) is 6.60. The van der Waals surface area contributed by atoms with Crippen molar-refractivity contribution >= 4 is 5.97 Å². The average molecular weight is 244 g/mol.